The van der Waals surface area contributed by atoms with Gasteiger partial charge in [0.25, 0.3) is 6.10 Å². The van der Waals surface area contributed by atoms with Gasteiger partial charge in [0.2, 0.25) is 6.10 Å². The summed E-state index contributed by atoms with van der Waals surface area (Å²) in [6.45, 7) is 2.71. The van der Waals surface area contributed by atoms with E-state index in [0.717, 1.165) is 5.56 Å². The van der Waals surface area contributed by atoms with Crippen LogP contribution >= 0.6 is 0 Å². The third-order valence-electron chi connectivity index (χ3n) is 3.26. The molecule has 0 N–H and O–H groups in total. The van der Waals surface area contributed by atoms with E-state index >= 15 is 0 Å². The summed E-state index contributed by atoms with van der Waals surface area (Å²) in [6, 6.07) is 7.20. The van der Waals surface area contributed by atoms with E-state index in [9.17, 15) is 14.4 Å². The van der Waals surface area contributed by atoms with E-state index in [0.29, 0.717) is 5.75 Å². The standard InChI is InChI=1S/C16H18NO6/c1-10(18)22-14-9-17(16(20)15(14)23-11(2)19)8-12-4-6-13(21-3)7-5-12/h4-7,9,14-15H,8H2,1-3H3/q+1/t14-,15+/m1/s1. The lowest BCUT2D eigenvalue weighted by Gasteiger charge is -2.12. The molecule has 0 saturated carbocycles. The van der Waals surface area contributed by atoms with Gasteiger partial charge < -0.3 is 14.2 Å². The maximum absolute atomic E-state index is 12.4. The van der Waals surface area contributed by atoms with Gasteiger partial charge in [0.15, 0.2) is 12.8 Å². The molecule has 0 fully saturated rings. The van der Waals surface area contributed by atoms with E-state index in [1.807, 2.05) is 12.1 Å². The summed E-state index contributed by atoms with van der Waals surface area (Å²) in [6.07, 6.45) is -0.599. The third-order valence-corrected chi connectivity index (χ3v) is 3.26. The number of hydrogen-bond donors (Lipinski definition) is 0. The van der Waals surface area contributed by atoms with Gasteiger partial charge in [-0.3, -0.25) is 9.59 Å². The van der Waals surface area contributed by atoms with Gasteiger partial charge in [-0.2, -0.15) is 4.58 Å². The minimum Gasteiger partial charge on any atom is -0.497 e. The lowest BCUT2D eigenvalue weighted by Crippen LogP contribution is -2.37. The van der Waals surface area contributed by atoms with E-state index in [1.54, 1.807) is 19.2 Å². The quantitative estimate of drug-likeness (QED) is 0.586. The second-order valence-corrected chi connectivity index (χ2v) is 5.07. The number of rotatable bonds is 5. The maximum atomic E-state index is 12.4. The molecule has 1 aromatic rings. The summed E-state index contributed by atoms with van der Waals surface area (Å²) in [5.74, 6) is -0.883. The Hall–Kier alpha value is -2.70. The summed E-state index contributed by atoms with van der Waals surface area (Å²) in [5, 5.41) is 0. The van der Waals surface area contributed by atoms with Crippen molar-refractivity contribution in [3.8, 4) is 5.75 Å². The van der Waals surface area contributed by atoms with Crippen LogP contribution < -0.4 is 4.74 Å². The topological polar surface area (TPSA) is 81.9 Å². The Labute approximate surface area is 133 Å². The number of benzene rings is 1. The molecule has 1 heterocycles. The molecule has 0 aromatic heterocycles. The van der Waals surface area contributed by atoms with Crippen LogP contribution in [0.3, 0.4) is 0 Å². The second-order valence-electron chi connectivity index (χ2n) is 5.07. The van der Waals surface area contributed by atoms with Crippen molar-refractivity contribution in [2.75, 3.05) is 7.11 Å². The van der Waals surface area contributed by atoms with Crippen LogP contribution in [0.1, 0.15) is 19.4 Å². The van der Waals surface area contributed by atoms with Gasteiger partial charge in [0.1, 0.15) is 5.75 Å². The van der Waals surface area contributed by atoms with Gasteiger partial charge >= 0.3 is 17.8 Å². The third kappa shape index (κ3) is 4.15. The molecular weight excluding hydrogens is 302 g/mol. The zero-order valence-corrected chi connectivity index (χ0v) is 13.1. The Balaban J connectivity index is 2.17. The van der Waals surface area contributed by atoms with Gasteiger partial charge in [-0.15, -0.1) is 0 Å². The molecule has 1 aliphatic rings. The largest absolute Gasteiger partial charge is 0.497 e. The predicted octanol–water partition coefficient (Wildman–Crippen LogP) is 0.682. The van der Waals surface area contributed by atoms with Gasteiger partial charge in [-0.25, -0.2) is 4.79 Å². The molecule has 2 atom stereocenters. The van der Waals surface area contributed by atoms with Crippen molar-refractivity contribution >= 4 is 24.1 Å². The van der Waals surface area contributed by atoms with Crippen molar-refractivity contribution < 1.29 is 33.2 Å². The Morgan fingerprint density at radius 2 is 1.70 bits per heavy atom. The summed E-state index contributed by atoms with van der Waals surface area (Å²) in [5.41, 5.74) is 0.862. The number of carbonyl (C=O) groups excluding carboxylic acids is 3. The van der Waals surface area contributed by atoms with E-state index < -0.39 is 30.1 Å². The number of ether oxygens (including phenoxy) is 3. The summed E-state index contributed by atoms with van der Waals surface area (Å²) in [7, 11) is 1.57. The minimum absolute atomic E-state index is 0.276. The zero-order chi connectivity index (χ0) is 17.0. The first-order chi connectivity index (χ1) is 10.9. The fraction of sp³-hybridized carbons (Fsp3) is 0.375. The first kappa shape index (κ1) is 16.7. The van der Waals surface area contributed by atoms with Crippen molar-refractivity contribution in [2.24, 2.45) is 0 Å². The Morgan fingerprint density at radius 3 is 2.22 bits per heavy atom. The fourth-order valence-electron chi connectivity index (χ4n) is 2.27. The molecule has 0 bridgehead atoms. The normalized spacial score (nSPS) is 20.0. The molecule has 1 aromatic carbocycles. The summed E-state index contributed by atoms with van der Waals surface area (Å²) >= 11 is 0. The first-order valence-corrected chi connectivity index (χ1v) is 7.03. The molecule has 0 saturated heterocycles. The molecule has 1 amide bonds. The minimum atomic E-state index is -1.14. The van der Waals surface area contributed by atoms with Crippen LogP contribution in [0.4, 0.5) is 0 Å². The summed E-state index contributed by atoms with van der Waals surface area (Å²) < 4.78 is 16.5. The molecule has 23 heavy (non-hydrogen) atoms. The highest BCUT2D eigenvalue weighted by Gasteiger charge is 2.48. The van der Waals surface area contributed by atoms with Gasteiger partial charge in [0.05, 0.1) is 7.11 Å². The second kappa shape index (κ2) is 7.04. The van der Waals surface area contributed by atoms with E-state index in [-0.39, 0.29) is 6.54 Å². The molecule has 0 spiro atoms. The van der Waals surface area contributed by atoms with Gasteiger partial charge in [0, 0.05) is 19.4 Å². The van der Waals surface area contributed by atoms with Crippen molar-refractivity contribution in [3.05, 3.63) is 29.8 Å². The fourth-order valence-corrected chi connectivity index (χ4v) is 2.27. The molecule has 122 valence electrons. The number of methoxy groups -OCH3 is 1. The van der Waals surface area contributed by atoms with Crippen LogP contribution in [0.2, 0.25) is 0 Å². The van der Waals surface area contributed by atoms with Crippen LogP contribution in [0.25, 0.3) is 0 Å². The van der Waals surface area contributed by atoms with Crippen molar-refractivity contribution in [1.82, 2.24) is 0 Å². The highest BCUT2D eigenvalue weighted by molar-refractivity contribution is 5.90. The van der Waals surface area contributed by atoms with Crippen molar-refractivity contribution in [3.63, 3.8) is 0 Å². The SMILES string of the molecule is COc1ccc(C[N+]2=C[C@@H](OC(C)=O)[C@H](OC(C)=O)C2=O)cc1. The van der Waals surface area contributed by atoms with Crippen molar-refractivity contribution in [2.45, 2.75) is 32.6 Å². The van der Waals surface area contributed by atoms with E-state index in [2.05, 4.69) is 0 Å². The van der Waals surface area contributed by atoms with Gasteiger partial charge in [-0.1, -0.05) is 0 Å². The number of amides is 1. The van der Waals surface area contributed by atoms with E-state index in [4.69, 9.17) is 14.2 Å². The number of nitrogens with zero attached hydrogens (tertiary/aromatic N) is 1. The highest BCUT2D eigenvalue weighted by Crippen LogP contribution is 2.16. The number of hydrogen-bond acceptors (Lipinski definition) is 6. The summed E-state index contributed by atoms with van der Waals surface area (Å²) in [4.78, 5) is 34.7. The molecule has 7 heteroatoms. The lowest BCUT2D eigenvalue weighted by molar-refractivity contribution is -0.458. The smallest absolute Gasteiger partial charge is 0.432 e. The average Bonchev–Trinajstić information content (AvgIpc) is 2.76. The molecule has 0 radical (unpaired) electrons. The monoisotopic (exact) mass is 320 g/mol. The predicted molar refractivity (Wildman–Crippen MR) is 79.1 cm³/mol. The van der Waals surface area contributed by atoms with Crippen LogP contribution in [0.15, 0.2) is 24.3 Å². The Bertz CT molecular complexity index is 649. The van der Waals surface area contributed by atoms with Gasteiger partial charge in [-0.05, 0) is 24.3 Å². The zero-order valence-electron chi connectivity index (χ0n) is 13.1. The van der Waals surface area contributed by atoms with Crippen LogP contribution in [-0.2, 0) is 30.4 Å². The lowest BCUT2D eigenvalue weighted by atomic mass is 10.2. The maximum Gasteiger partial charge on any atom is 0.432 e. The van der Waals surface area contributed by atoms with Crippen LogP contribution in [-0.4, -0.2) is 48.0 Å². The van der Waals surface area contributed by atoms with Crippen molar-refractivity contribution in [1.29, 1.82) is 0 Å². The number of carbonyl (C=O) groups is 3. The Morgan fingerprint density at radius 1 is 1.09 bits per heavy atom. The highest BCUT2D eigenvalue weighted by atomic mass is 16.6. The Kier molecular flexibility index (Phi) is 5.10. The molecule has 1 aliphatic heterocycles. The molecule has 0 aliphatic carbocycles. The molecule has 2 rings (SSSR count). The van der Waals surface area contributed by atoms with Crippen LogP contribution in [0.5, 0.6) is 5.75 Å². The van der Waals surface area contributed by atoms with E-state index in [1.165, 1.54) is 24.6 Å². The average molecular weight is 320 g/mol. The molecule has 0 unspecified atom stereocenters. The first-order valence-electron chi connectivity index (χ1n) is 7.03. The molecular formula is C16H18NO6+. The number of esters is 2. The van der Waals surface area contributed by atoms with Crippen LogP contribution in [0, 0.1) is 0 Å². The molecule has 7 nitrogen and oxygen atoms in total.